The number of rotatable bonds is 3. The Balaban J connectivity index is 2.12. The largest absolute Gasteiger partial charge is 0.398 e. The van der Waals surface area contributed by atoms with Crippen LogP contribution >= 0.6 is 0 Å². The van der Waals surface area contributed by atoms with Crippen LogP contribution in [0.1, 0.15) is 15.9 Å². The van der Waals surface area contributed by atoms with Crippen molar-refractivity contribution < 1.29 is 18.0 Å². The molecule has 20 heavy (non-hydrogen) atoms. The predicted molar refractivity (Wildman–Crippen MR) is 68.3 cm³/mol. The lowest BCUT2D eigenvalue weighted by Gasteiger charge is -2.08. The van der Waals surface area contributed by atoms with Crippen molar-refractivity contribution in [3.05, 3.63) is 65.0 Å². The summed E-state index contributed by atoms with van der Waals surface area (Å²) in [7, 11) is 0. The second-order valence-electron chi connectivity index (χ2n) is 4.15. The molecule has 0 fully saturated rings. The van der Waals surface area contributed by atoms with Crippen LogP contribution in [0.15, 0.2) is 36.4 Å². The van der Waals surface area contributed by atoms with Crippen molar-refractivity contribution in [2.24, 2.45) is 0 Å². The number of halogens is 3. The fraction of sp³-hybridized carbons (Fsp3) is 0.0714. The van der Waals surface area contributed by atoms with Gasteiger partial charge in [0.15, 0.2) is 0 Å². The van der Waals surface area contributed by atoms with Gasteiger partial charge in [0.2, 0.25) is 0 Å². The smallest absolute Gasteiger partial charge is 0.253 e. The van der Waals surface area contributed by atoms with Crippen LogP contribution in [0.3, 0.4) is 0 Å². The Bertz CT molecular complexity index is 659. The second-order valence-corrected chi connectivity index (χ2v) is 4.15. The highest BCUT2D eigenvalue weighted by Gasteiger charge is 2.12. The van der Waals surface area contributed by atoms with Gasteiger partial charge in [-0.2, -0.15) is 0 Å². The average Bonchev–Trinajstić information content (AvgIpc) is 2.42. The highest BCUT2D eigenvalue weighted by molar-refractivity contribution is 5.99. The first-order valence-electron chi connectivity index (χ1n) is 5.74. The molecule has 3 nitrogen and oxygen atoms in total. The molecule has 0 aliphatic heterocycles. The van der Waals surface area contributed by atoms with E-state index in [4.69, 9.17) is 5.73 Å². The van der Waals surface area contributed by atoms with Gasteiger partial charge in [0.05, 0.1) is 5.56 Å². The van der Waals surface area contributed by atoms with Crippen LogP contribution in [0.2, 0.25) is 0 Å². The highest BCUT2D eigenvalue weighted by Crippen LogP contribution is 2.14. The molecule has 0 heterocycles. The summed E-state index contributed by atoms with van der Waals surface area (Å²) >= 11 is 0. The second kappa shape index (κ2) is 5.64. The third kappa shape index (κ3) is 3.09. The molecule has 3 N–H and O–H groups in total. The van der Waals surface area contributed by atoms with Crippen molar-refractivity contribution in [2.75, 3.05) is 5.73 Å². The zero-order valence-corrected chi connectivity index (χ0v) is 10.3. The SMILES string of the molecule is Nc1ccc(F)cc1C(=O)NCc1cc(F)ccc1F. The normalized spacial score (nSPS) is 10.3. The van der Waals surface area contributed by atoms with Crippen LogP contribution in [-0.2, 0) is 6.54 Å². The fourth-order valence-corrected chi connectivity index (χ4v) is 1.67. The summed E-state index contributed by atoms with van der Waals surface area (Å²) in [4.78, 5) is 11.8. The first kappa shape index (κ1) is 13.9. The molecule has 2 rings (SSSR count). The van der Waals surface area contributed by atoms with Crippen LogP contribution in [0, 0.1) is 17.5 Å². The number of anilines is 1. The first-order chi connectivity index (χ1) is 9.47. The minimum atomic E-state index is -0.661. The van der Waals surface area contributed by atoms with Gasteiger partial charge in [0.1, 0.15) is 17.5 Å². The molecule has 0 bridgehead atoms. The van der Waals surface area contributed by atoms with Crippen LogP contribution in [-0.4, -0.2) is 5.91 Å². The van der Waals surface area contributed by atoms with Crippen molar-refractivity contribution in [2.45, 2.75) is 6.54 Å². The van der Waals surface area contributed by atoms with E-state index in [0.717, 1.165) is 30.3 Å². The number of nitrogen functional groups attached to an aromatic ring is 1. The van der Waals surface area contributed by atoms with E-state index in [-0.39, 0.29) is 23.4 Å². The van der Waals surface area contributed by atoms with E-state index in [1.165, 1.54) is 6.07 Å². The van der Waals surface area contributed by atoms with Crippen molar-refractivity contribution in [3.8, 4) is 0 Å². The van der Waals surface area contributed by atoms with Gasteiger partial charge < -0.3 is 11.1 Å². The first-order valence-corrected chi connectivity index (χ1v) is 5.74. The molecule has 0 spiro atoms. The third-order valence-corrected chi connectivity index (χ3v) is 2.71. The Labute approximate surface area is 113 Å². The monoisotopic (exact) mass is 280 g/mol. The standard InChI is InChI=1S/C14H11F3N2O/c15-9-1-3-12(17)8(5-9)7-19-14(20)11-6-10(16)2-4-13(11)18/h1-6H,7,18H2,(H,19,20). The lowest BCUT2D eigenvalue weighted by molar-refractivity contribution is 0.0951. The molecule has 1 amide bonds. The number of nitrogens with two attached hydrogens (primary N) is 1. The number of nitrogens with one attached hydrogen (secondary N) is 1. The quantitative estimate of drug-likeness (QED) is 0.849. The van der Waals surface area contributed by atoms with Crippen LogP contribution < -0.4 is 11.1 Å². The van der Waals surface area contributed by atoms with Gasteiger partial charge in [0, 0.05) is 17.8 Å². The number of carbonyl (C=O) groups is 1. The maximum atomic E-state index is 13.4. The third-order valence-electron chi connectivity index (χ3n) is 2.71. The average molecular weight is 280 g/mol. The number of hydrogen-bond acceptors (Lipinski definition) is 2. The number of benzene rings is 2. The van der Waals surface area contributed by atoms with Gasteiger partial charge in [-0.05, 0) is 36.4 Å². The van der Waals surface area contributed by atoms with Gasteiger partial charge in [-0.25, -0.2) is 13.2 Å². The van der Waals surface area contributed by atoms with Crippen LogP contribution in [0.5, 0.6) is 0 Å². The maximum Gasteiger partial charge on any atom is 0.253 e. The molecule has 0 unspecified atom stereocenters. The number of carbonyl (C=O) groups excluding carboxylic acids is 1. The van der Waals surface area contributed by atoms with E-state index in [9.17, 15) is 18.0 Å². The van der Waals surface area contributed by atoms with Gasteiger partial charge in [0.25, 0.3) is 5.91 Å². The minimum absolute atomic E-state index is 0.00618. The predicted octanol–water partition coefficient (Wildman–Crippen LogP) is 2.62. The molecule has 104 valence electrons. The lowest BCUT2D eigenvalue weighted by atomic mass is 10.1. The zero-order valence-electron chi connectivity index (χ0n) is 10.3. The molecule has 0 atom stereocenters. The summed E-state index contributed by atoms with van der Waals surface area (Å²) < 4.78 is 39.4. The maximum absolute atomic E-state index is 13.4. The van der Waals surface area contributed by atoms with Crippen LogP contribution in [0.25, 0.3) is 0 Å². The number of amides is 1. The van der Waals surface area contributed by atoms with E-state index >= 15 is 0 Å². The molecule has 6 heteroatoms. The van der Waals surface area contributed by atoms with E-state index < -0.39 is 23.4 Å². The fourth-order valence-electron chi connectivity index (χ4n) is 1.67. The van der Waals surface area contributed by atoms with Gasteiger partial charge >= 0.3 is 0 Å². The highest BCUT2D eigenvalue weighted by atomic mass is 19.1. The van der Waals surface area contributed by atoms with Crippen molar-refractivity contribution in [1.82, 2.24) is 5.32 Å². The van der Waals surface area contributed by atoms with E-state index in [1.54, 1.807) is 0 Å². The molecule has 2 aromatic carbocycles. The summed E-state index contributed by atoms with van der Waals surface area (Å²) in [6.45, 7) is -0.224. The summed E-state index contributed by atoms with van der Waals surface area (Å²) in [5, 5.41) is 2.36. The lowest BCUT2D eigenvalue weighted by Crippen LogP contribution is -2.24. The Morgan fingerprint density at radius 2 is 1.70 bits per heavy atom. The molecule has 0 saturated heterocycles. The summed E-state index contributed by atoms with van der Waals surface area (Å²) in [6, 6.07) is 6.28. The molecule has 0 saturated carbocycles. The van der Waals surface area contributed by atoms with E-state index in [0.29, 0.717) is 0 Å². The molecule has 0 aliphatic rings. The topological polar surface area (TPSA) is 55.1 Å². The molecular weight excluding hydrogens is 269 g/mol. The van der Waals surface area contributed by atoms with Crippen LogP contribution in [0.4, 0.5) is 18.9 Å². The van der Waals surface area contributed by atoms with Gasteiger partial charge in [-0.1, -0.05) is 0 Å². The van der Waals surface area contributed by atoms with E-state index in [2.05, 4.69) is 5.32 Å². The summed E-state index contributed by atoms with van der Waals surface area (Å²) in [5.74, 6) is -2.52. The van der Waals surface area contributed by atoms with Crippen molar-refractivity contribution in [3.63, 3.8) is 0 Å². The Morgan fingerprint density at radius 1 is 1.05 bits per heavy atom. The Hall–Kier alpha value is -2.50. The Morgan fingerprint density at radius 3 is 2.45 bits per heavy atom. The molecule has 0 aromatic heterocycles. The van der Waals surface area contributed by atoms with Crippen molar-refractivity contribution in [1.29, 1.82) is 0 Å². The van der Waals surface area contributed by atoms with Gasteiger partial charge in [-0.15, -0.1) is 0 Å². The molecule has 0 radical (unpaired) electrons. The van der Waals surface area contributed by atoms with Gasteiger partial charge in [-0.3, -0.25) is 4.79 Å². The molecular formula is C14H11F3N2O. The minimum Gasteiger partial charge on any atom is -0.398 e. The van der Waals surface area contributed by atoms with E-state index in [1.807, 2.05) is 0 Å². The summed E-state index contributed by atoms with van der Waals surface area (Å²) in [6.07, 6.45) is 0. The Kier molecular flexibility index (Phi) is 3.93. The zero-order chi connectivity index (χ0) is 14.7. The van der Waals surface area contributed by atoms with Crippen molar-refractivity contribution >= 4 is 11.6 Å². The molecule has 2 aromatic rings. The molecule has 0 aliphatic carbocycles. The number of hydrogen-bond donors (Lipinski definition) is 2. The summed E-state index contributed by atoms with van der Waals surface area (Å²) in [5.41, 5.74) is 5.59.